The van der Waals surface area contributed by atoms with Crippen LogP contribution in [0.25, 0.3) is 0 Å². The van der Waals surface area contributed by atoms with Crippen LogP contribution >= 0.6 is 0 Å². The van der Waals surface area contributed by atoms with Crippen LogP contribution in [0.5, 0.6) is 0 Å². The fourth-order valence-electron chi connectivity index (χ4n) is 3.91. The molecule has 0 aromatic heterocycles. The van der Waals surface area contributed by atoms with E-state index < -0.39 is 0 Å². The molecule has 0 bridgehead atoms. The second kappa shape index (κ2) is 6.18. The molecule has 0 spiro atoms. The summed E-state index contributed by atoms with van der Waals surface area (Å²) in [6.45, 7) is 7.19. The van der Waals surface area contributed by atoms with Crippen LogP contribution in [0, 0.1) is 12.8 Å². The molecule has 1 aromatic carbocycles. The van der Waals surface area contributed by atoms with E-state index in [-0.39, 0.29) is 5.92 Å². The third-order valence-electron chi connectivity index (χ3n) is 5.13. The first kappa shape index (κ1) is 14.6. The van der Waals surface area contributed by atoms with Gasteiger partial charge in [0.2, 0.25) is 5.91 Å². The van der Waals surface area contributed by atoms with Crippen molar-refractivity contribution in [3.05, 3.63) is 35.4 Å². The van der Waals surface area contributed by atoms with E-state index in [1.807, 2.05) is 0 Å². The molecular formula is C18H26N2O. The second-order valence-corrected chi connectivity index (χ2v) is 6.67. The van der Waals surface area contributed by atoms with Gasteiger partial charge in [0, 0.05) is 25.0 Å². The first-order chi connectivity index (χ1) is 10.2. The molecule has 114 valence electrons. The highest BCUT2D eigenvalue weighted by atomic mass is 16.2. The SMILES string of the molecule is Cc1ccccc1[C@@H]1C[C@H](C)N(C(=O)[C@H]2CCCNC2)C1. The van der Waals surface area contributed by atoms with Crippen LogP contribution < -0.4 is 5.32 Å². The third-order valence-corrected chi connectivity index (χ3v) is 5.13. The number of hydrogen-bond acceptors (Lipinski definition) is 2. The molecule has 0 radical (unpaired) electrons. The Morgan fingerprint density at radius 1 is 1.33 bits per heavy atom. The average Bonchev–Trinajstić information content (AvgIpc) is 2.89. The van der Waals surface area contributed by atoms with Crippen molar-refractivity contribution in [2.45, 2.75) is 45.1 Å². The van der Waals surface area contributed by atoms with Gasteiger partial charge < -0.3 is 10.2 Å². The van der Waals surface area contributed by atoms with Crippen LogP contribution in [0.3, 0.4) is 0 Å². The van der Waals surface area contributed by atoms with Crippen LogP contribution in [-0.2, 0) is 4.79 Å². The van der Waals surface area contributed by atoms with Gasteiger partial charge >= 0.3 is 0 Å². The van der Waals surface area contributed by atoms with Crippen LogP contribution in [0.2, 0.25) is 0 Å². The molecule has 0 unspecified atom stereocenters. The molecule has 3 atom stereocenters. The van der Waals surface area contributed by atoms with E-state index >= 15 is 0 Å². The molecule has 1 amide bonds. The highest BCUT2D eigenvalue weighted by molar-refractivity contribution is 5.80. The minimum atomic E-state index is 0.192. The highest BCUT2D eigenvalue weighted by Crippen LogP contribution is 2.34. The number of nitrogens with zero attached hydrogens (tertiary/aromatic N) is 1. The zero-order valence-corrected chi connectivity index (χ0v) is 13.1. The molecule has 3 heteroatoms. The van der Waals surface area contributed by atoms with Gasteiger partial charge in [-0.25, -0.2) is 0 Å². The van der Waals surface area contributed by atoms with Crippen molar-refractivity contribution in [2.75, 3.05) is 19.6 Å². The average molecular weight is 286 g/mol. The lowest BCUT2D eigenvalue weighted by Crippen LogP contribution is -2.44. The summed E-state index contributed by atoms with van der Waals surface area (Å²) in [5, 5.41) is 3.36. The number of piperidine rings is 1. The molecular weight excluding hydrogens is 260 g/mol. The first-order valence-corrected chi connectivity index (χ1v) is 8.23. The van der Waals surface area contributed by atoms with Crippen LogP contribution in [-0.4, -0.2) is 36.5 Å². The molecule has 3 nitrogen and oxygen atoms in total. The lowest BCUT2D eigenvalue weighted by Gasteiger charge is -2.29. The van der Waals surface area contributed by atoms with Gasteiger partial charge in [-0.15, -0.1) is 0 Å². The van der Waals surface area contributed by atoms with E-state index in [2.05, 4.69) is 48.3 Å². The smallest absolute Gasteiger partial charge is 0.227 e. The lowest BCUT2D eigenvalue weighted by molar-refractivity contribution is -0.136. The van der Waals surface area contributed by atoms with Gasteiger partial charge in [-0.05, 0) is 50.8 Å². The van der Waals surface area contributed by atoms with Gasteiger partial charge in [0.05, 0.1) is 5.92 Å². The molecule has 0 aliphatic carbocycles. The summed E-state index contributed by atoms with van der Waals surface area (Å²) in [5.41, 5.74) is 2.77. The molecule has 21 heavy (non-hydrogen) atoms. The van der Waals surface area contributed by atoms with Crippen LogP contribution in [0.15, 0.2) is 24.3 Å². The first-order valence-electron chi connectivity index (χ1n) is 8.23. The lowest BCUT2D eigenvalue weighted by atomic mass is 9.93. The quantitative estimate of drug-likeness (QED) is 0.906. The molecule has 2 aliphatic rings. The van der Waals surface area contributed by atoms with Crippen LogP contribution in [0.1, 0.15) is 43.2 Å². The Labute approximate surface area is 127 Å². The van der Waals surface area contributed by atoms with E-state index in [0.717, 1.165) is 38.9 Å². The Morgan fingerprint density at radius 3 is 2.86 bits per heavy atom. The number of carbonyl (C=O) groups is 1. The Bertz CT molecular complexity index is 508. The number of carbonyl (C=O) groups excluding carboxylic acids is 1. The summed E-state index contributed by atoms with van der Waals surface area (Å²) in [7, 11) is 0. The predicted molar refractivity (Wildman–Crippen MR) is 85.3 cm³/mol. The molecule has 3 rings (SSSR count). The van der Waals surface area contributed by atoms with Gasteiger partial charge in [0.25, 0.3) is 0 Å². The summed E-state index contributed by atoms with van der Waals surface area (Å²) in [6.07, 6.45) is 3.26. The van der Waals surface area contributed by atoms with Gasteiger partial charge in [0.15, 0.2) is 0 Å². The van der Waals surface area contributed by atoms with Crippen molar-refractivity contribution in [3.63, 3.8) is 0 Å². The summed E-state index contributed by atoms with van der Waals surface area (Å²) >= 11 is 0. The van der Waals surface area contributed by atoms with Crippen molar-refractivity contribution in [3.8, 4) is 0 Å². The molecule has 1 aromatic rings. The van der Waals surface area contributed by atoms with E-state index in [0.29, 0.717) is 17.9 Å². The summed E-state index contributed by atoms with van der Waals surface area (Å²) in [6, 6.07) is 8.97. The number of nitrogens with one attached hydrogen (secondary N) is 1. The number of benzene rings is 1. The number of likely N-dealkylation sites (tertiary alicyclic amines) is 1. The van der Waals surface area contributed by atoms with Crippen molar-refractivity contribution < 1.29 is 4.79 Å². The Balaban J connectivity index is 1.71. The fraction of sp³-hybridized carbons (Fsp3) is 0.611. The topological polar surface area (TPSA) is 32.3 Å². The maximum atomic E-state index is 12.8. The van der Waals surface area contributed by atoms with E-state index in [1.165, 1.54) is 11.1 Å². The molecule has 2 aliphatic heterocycles. The second-order valence-electron chi connectivity index (χ2n) is 6.67. The maximum Gasteiger partial charge on any atom is 0.227 e. The minimum absolute atomic E-state index is 0.192. The van der Waals surface area contributed by atoms with Gasteiger partial charge in [-0.2, -0.15) is 0 Å². The normalized spacial score (nSPS) is 29.6. The minimum Gasteiger partial charge on any atom is -0.339 e. The number of rotatable bonds is 2. The molecule has 1 N–H and O–H groups in total. The van der Waals surface area contributed by atoms with E-state index in [1.54, 1.807) is 0 Å². The molecule has 2 saturated heterocycles. The molecule has 2 fully saturated rings. The third kappa shape index (κ3) is 2.98. The van der Waals surface area contributed by atoms with E-state index in [4.69, 9.17) is 0 Å². The standard InChI is InChI=1S/C18H26N2O/c1-13-6-3-4-8-17(13)16-10-14(2)20(12-16)18(21)15-7-5-9-19-11-15/h3-4,6,8,14-16,19H,5,7,9-12H2,1-2H3/t14-,15-,16+/m0/s1. The summed E-state index contributed by atoms with van der Waals surface area (Å²) in [5.74, 6) is 1.06. The van der Waals surface area contributed by atoms with Crippen LogP contribution in [0.4, 0.5) is 0 Å². The number of amides is 1. The maximum absolute atomic E-state index is 12.8. The number of aryl methyl sites for hydroxylation is 1. The predicted octanol–water partition coefficient (Wildman–Crippen LogP) is 2.70. The zero-order chi connectivity index (χ0) is 14.8. The van der Waals surface area contributed by atoms with Gasteiger partial charge in [-0.3, -0.25) is 4.79 Å². The fourth-order valence-corrected chi connectivity index (χ4v) is 3.91. The molecule has 2 heterocycles. The van der Waals surface area contributed by atoms with Gasteiger partial charge in [0.1, 0.15) is 0 Å². The van der Waals surface area contributed by atoms with E-state index in [9.17, 15) is 4.79 Å². The van der Waals surface area contributed by atoms with Crippen molar-refractivity contribution >= 4 is 5.91 Å². The monoisotopic (exact) mass is 286 g/mol. The Hall–Kier alpha value is -1.35. The van der Waals surface area contributed by atoms with Gasteiger partial charge in [-0.1, -0.05) is 24.3 Å². The number of hydrogen-bond donors (Lipinski definition) is 1. The molecule has 0 saturated carbocycles. The Kier molecular flexibility index (Phi) is 4.29. The summed E-state index contributed by atoms with van der Waals surface area (Å²) < 4.78 is 0. The van der Waals surface area contributed by atoms with Crippen molar-refractivity contribution in [1.82, 2.24) is 10.2 Å². The zero-order valence-electron chi connectivity index (χ0n) is 13.1. The Morgan fingerprint density at radius 2 is 2.14 bits per heavy atom. The van der Waals surface area contributed by atoms with Crippen molar-refractivity contribution in [2.24, 2.45) is 5.92 Å². The highest BCUT2D eigenvalue weighted by Gasteiger charge is 2.36. The van der Waals surface area contributed by atoms with Crippen molar-refractivity contribution in [1.29, 1.82) is 0 Å². The largest absolute Gasteiger partial charge is 0.339 e. The summed E-state index contributed by atoms with van der Waals surface area (Å²) in [4.78, 5) is 14.9.